The van der Waals surface area contributed by atoms with Crippen LogP contribution in [0.15, 0.2) is 12.7 Å². The Kier molecular flexibility index (Phi) is 7.10. The third kappa shape index (κ3) is 6.32. The molecule has 0 aromatic carbocycles. The van der Waals surface area contributed by atoms with Gasteiger partial charge in [0.2, 0.25) is 0 Å². The highest BCUT2D eigenvalue weighted by Gasteiger charge is 2.24. The number of hydrogen-bond acceptors (Lipinski definition) is 2. The number of hydrogen-bond donors (Lipinski definition) is 0. The minimum Gasteiger partial charge on any atom is -0.462 e. The van der Waals surface area contributed by atoms with Crippen molar-refractivity contribution < 1.29 is 9.53 Å². The van der Waals surface area contributed by atoms with Crippen molar-refractivity contribution in [3.05, 3.63) is 12.7 Å². The molecule has 0 heterocycles. The van der Waals surface area contributed by atoms with Crippen LogP contribution in [0.3, 0.4) is 0 Å². The molecule has 0 saturated carbocycles. The van der Waals surface area contributed by atoms with E-state index < -0.39 is 0 Å². The fourth-order valence-electron chi connectivity index (χ4n) is 1.78. The number of esters is 1. The average molecular weight is 212 g/mol. The van der Waals surface area contributed by atoms with Crippen LogP contribution in [0.2, 0.25) is 0 Å². The van der Waals surface area contributed by atoms with E-state index in [9.17, 15) is 4.79 Å². The van der Waals surface area contributed by atoms with Crippen molar-refractivity contribution in [2.75, 3.05) is 6.61 Å². The average Bonchev–Trinajstić information content (AvgIpc) is 2.24. The van der Waals surface area contributed by atoms with Gasteiger partial charge in [-0.25, -0.2) is 4.79 Å². The van der Waals surface area contributed by atoms with Crippen molar-refractivity contribution in [2.45, 2.75) is 52.9 Å². The van der Waals surface area contributed by atoms with Crippen molar-refractivity contribution in [3.63, 3.8) is 0 Å². The van der Waals surface area contributed by atoms with Crippen LogP contribution in [-0.4, -0.2) is 12.6 Å². The number of carbonyl (C=O) groups is 1. The summed E-state index contributed by atoms with van der Waals surface area (Å²) in [4.78, 5) is 11.0. The summed E-state index contributed by atoms with van der Waals surface area (Å²) in [6.45, 7) is 10.5. The van der Waals surface area contributed by atoms with Crippen molar-refractivity contribution in [3.8, 4) is 0 Å². The minimum absolute atomic E-state index is 0.142. The molecule has 15 heavy (non-hydrogen) atoms. The van der Waals surface area contributed by atoms with Crippen LogP contribution in [0, 0.1) is 5.41 Å². The van der Waals surface area contributed by atoms with Crippen LogP contribution >= 0.6 is 0 Å². The Morgan fingerprint density at radius 3 is 2.47 bits per heavy atom. The first kappa shape index (κ1) is 14.2. The van der Waals surface area contributed by atoms with Gasteiger partial charge < -0.3 is 4.74 Å². The van der Waals surface area contributed by atoms with E-state index in [1.807, 2.05) is 0 Å². The molecule has 2 heteroatoms. The smallest absolute Gasteiger partial charge is 0.330 e. The number of unbranched alkanes of at least 4 members (excludes halogenated alkanes) is 1. The topological polar surface area (TPSA) is 26.3 Å². The molecule has 0 amide bonds. The first-order valence-corrected chi connectivity index (χ1v) is 5.87. The highest BCUT2D eigenvalue weighted by molar-refractivity contribution is 5.81. The molecule has 0 bridgehead atoms. The summed E-state index contributed by atoms with van der Waals surface area (Å²) in [5, 5.41) is 0. The van der Waals surface area contributed by atoms with Crippen LogP contribution in [-0.2, 0) is 9.53 Å². The molecule has 88 valence electrons. The fraction of sp³-hybridized carbons (Fsp3) is 0.769. The van der Waals surface area contributed by atoms with Crippen LogP contribution in [0.5, 0.6) is 0 Å². The predicted molar refractivity (Wildman–Crippen MR) is 63.7 cm³/mol. The van der Waals surface area contributed by atoms with Crippen molar-refractivity contribution in [1.29, 1.82) is 0 Å². The molecule has 0 aliphatic carbocycles. The summed E-state index contributed by atoms with van der Waals surface area (Å²) in [6.07, 6.45) is 6.98. The summed E-state index contributed by atoms with van der Waals surface area (Å²) < 4.78 is 5.15. The highest BCUT2D eigenvalue weighted by atomic mass is 16.5. The molecule has 0 fully saturated rings. The molecular weight excluding hydrogens is 188 g/mol. The van der Waals surface area contributed by atoms with E-state index in [4.69, 9.17) is 4.74 Å². The summed E-state index contributed by atoms with van der Waals surface area (Å²) in [5.41, 5.74) is 0.142. The van der Waals surface area contributed by atoms with E-state index in [0.29, 0.717) is 6.61 Å². The molecule has 2 nitrogen and oxygen atoms in total. The van der Waals surface area contributed by atoms with Crippen LogP contribution in [0.25, 0.3) is 0 Å². The first-order valence-electron chi connectivity index (χ1n) is 5.87. The summed E-state index contributed by atoms with van der Waals surface area (Å²) in [6, 6.07) is 0. The molecule has 0 saturated heterocycles. The van der Waals surface area contributed by atoms with Gasteiger partial charge >= 0.3 is 5.97 Å². The van der Waals surface area contributed by atoms with E-state index in [-0.39, 0.29) is 11.4 Å². The third-order valence-electron chi connectivity index (χ3n) is 2.72. The summed E-state index contributed by atoms with van der Waals surface area (Å²) in [5.74, 6) is -0.311. The van der Waals surface area contributed by atoms with Gasteiger partial charge in [-0.3, -0.25) is 0 Å². The van der Waals surface area contributed by atoms with Gasteiger partial charge in [0, 0.05) is 11.5 Å². The molecule has 1 unspecified atom stereocenters. The number of ether oxygens (including phenoxy) is 1. The Balaban J connectivity index is 4.10. The zero-order chi connectivity index (χ0) is 11.7. The maximum Gasteiger partial charge on any atom is 0.330 e. The second-order valence-electron chi connectivity index (χ2n) is 4.48. The first-order chi connectivity index (χ1) is 7.08. The zero-order valence-electron chi connectivity index (χ0n) is 10.3. The standard InChI is InChI=1S/C13H24O2/c1-5-8-10-13(4,9-6-2)11-15-12(14)7-3/h7H,3,5-6,8-11H2,1-2,4H3. The van der Waals surface area contributed by atoms with Crippen LogP contribution < -0.4 is 0 Å². The molecule has 0 aliphatic rings. The molecule has 0 radical (unpaired) electrons. The second-order valence-corrected chi connectivity index (χ2v) is 4.48. The van der Waals surface area contributed by atoms with Gasteiger partial charge in [0.05, 0.1) is 6.61 Å². The predicted octanol–water partition coefficient (Wildman–Crippen LogP) is 3.71. The monoisotopic (exact) mass is 212 g/mol. The summed E-state index contributed by atoms with van der Waals surface area (Å²) >= 11 is 0. The highest BCUT2D eigenvalue weighted by Crippen LogP contribution is 2.30. The molecule has 0 aromatic heterocycles. The molecule has 0 aromatic rings. The molecular formula is C13H24O2. The Labute approximate surface area is 93.7 Å². The lowest BCUT2D eigenvalue weighted by Gasteiger charge is -2.28. The largest absolute Gasteiger partial charge is 0.462 e. The van der Waals surface area contributed by atoms with E-state index in [2.05, 4.69) is 27.4 Å². The SMILES string of the molecule is C=CC(=O)OCC(C)(CCC)CCCC. The van der Waals surface area contributed by atoms with Gasteiger partial charge in [-0.1, -0.05) is 46.6 Å². The van der Waals surface area contributed by atoms with E-state index >= 15 is 0 Å². The van der Waals surface area contributed by atoms with Gasteiger partial charge in [0.25, 0.3) is 0 Å². The molecule has 0 spiro atoms. The quantitative estimate of drug-likeness (QED) is 0.453. The van der Waals surface area contributed by atoms with Crippen LogP contribution in [0.4, 0.5) is 0 Å². The fourth-order valence-corrected chi connectivity index (χ4v) is 1.78. The Bertz CT molecular complexity index is 199. The maximum atomic E-state index is 11.0. The van der Waals surface area contributed by atoms with Gasteiger partial charge in [-0.2, -0.15) is 0 Å². The van der Waals surface area contributed by atoms with Gasteiger partial charge in [-0.15, -0.1) is 0 Å². The Hall–Kier alpha value is -0.790. The summed E-state index contributed by atoms with van der Waals surface area (Å²) in [7, 11) is 0. The van der Waals surface area contributed by atoms with E-state index in [1.54, 1.807) is 0 Å². The van der Waals surface area contributed by atoms with Gasteiger partial charge in [0.1, 0.15) is 0 Å². The molecule has 1 atom stereocenters. The van der Waals surface area contributed by atoms with Crippen molar-refractivity contribution in [2.24, 2.45) is 5.41 Å². The van der Waals surface area contributed by atoms with E-state index in [0.717, 1.165) is 19.3 Å². The number of carbonyl (C=O) groups excluding carboxylic acids is 1. The van der Waals surface area contributed by atoms with E-state index in [1.165, 1.54) is 18.9 Å². The van der Waals surface area contributed by atoms with Crippen molar-refractivity contribution >= 4 is 5.97 Å². The molecule has 0 rings (SSSR count). The maximum absolute atomic E-state index is 11.0. The van der Waals surface area contributed by atoms with Gasteiger partial charge in [0.15, 0.2) is 0 Å². The lowest BCUT2D eigenvalue weighted by atomic mass is 9.81. The lowest BCUT2D eigenvalue weighted by molar-refractivity contribution is -0.141. The third-order valence-corrected chi connectivity index (χ3v) is 2.72. The molecule has 0 N–H and O–H groups in total. The zero-order valence-corrected chi connectivity index (χ0v) is 10.3. The minimum atomic E-state index is -0.311. The number of rotatable bonds is 8. The Morgan fingerprint density at radius 2 is 2.00 bits per heavy atom. The molecule has 0 aliphatic heterocycles. The normalized spacial score (nSPS) is 14.3. The Morgan fingerprint density at radius 1 is 1.33 bits per heavy atom. The lowest BCUT2D eigenvalue weighted by Crippen LogP contribution is -2.24. The second kappa shape index (κ2) is 7.49. The van der Waals surface area contributed by atoms with Gasteiger partial charge in [-0.05, 0) is 12.8 Å². The van der Waals surface area contributed by atoms with Crippen molar-refractivity contribution in [1.82, 2.24) is 0 Å². The van der Waals surface area contributed by atoms with Crippen LogP contribution in [0.1, 0.15) is 52.9 Å².